The SMILES string of the molecule is Fc1cnc(OCCCc2ccncc2)c(CCl)c1. The van der Waals surface area contributed by atoms with Gasteiger partial charge in [-0.3, -0.25) is 4.98 Å². The first-order valence-electron chi connectivity index (χ1n) is 6.01. The molecule has 2 aromatic rings. The highest BCUT2D eigenvalue weighted by Crippen LogP contribution is 2.18. The standard InChI is InChI=1S/C14H14ClFN2O/c15-9-12-8-13(16)10-18-14(12)19-7-1-2-11-3-5-17-6-4-11/h3-6,8,10H,1-2,7,9H2. The lowest BCUT2D eigenvalue weighted by molar-refractivity contribution is 0.296. The molecule has 0 aromatic carbocycles. The Kier molecular flexibility index (Phi) is 5.10. The van der Waals surface area contributed by atoms with Crippen molar-refractivity contribution in [3.63, 3.8) is 0 Å². The van der Waals surface area contributed by atoms with Crippen molar-refractivity contribution in [2.24, 2.45) is 0 Å². The van der Waals surface area contributed by atoms with Crippen LogP contribution in [0.5, 0.6) is 5.88 Å². The summed E-state index contributed by atoms with van der Waals surface area (Å²) in [5, 5.41) is 0. The van der Waals surface area contributed by atoms with Crippen molar-refractivity contribution in [3.8, 4) is 5.88 Å². The highest BCUT2D eigenvalue weighted by molar-refractivity contribution is 6.17. The minimum atomic E-state index is -0.403. The van der Waals surface area contributed by atoms with Gasteiger partial charge in [0.25, 0.3) is 0 Å². The van der Waals surface area contributed by atoms with Gasteiger partial charge >= 0.3 is 0 Å². The van der Waals surface area contributed by atoms with Crippen LogP contribution < -0.4 is 4.74 Å². The highest BCUT2D eigenvalue weighted by atomic mass is 35.5. The van der Waals surface area contributed by atoms with E-state index in [4.69, 9.17) is 16.3 Å². The maximum Gasteiger partial charge on any atom is 0.217 e. The van der Waals surface area contributed by atoms with Gasteiger partial charge in [-0.15, -0.1) is 11.6 Å². The molecule has 100 valence electrons. The largest absolute Gasteiger partial charge is 0.477 e. The molecule has 0 N–H and O–H groups in total. The van der Waals surface area contributed by atoms with Crippen LogP contribution in [0.2, 0.25) is 0 Å². The summed E-state index contributed by atoms with van der Waals surface area (Å²) in [6.07, 6.45) is 6.42. The molecule has 2 rings (SSSR count). The second-order valence-electron chi connectivity index (χ2n) is 4.06. The second kappa shape index (κ2) is 7.04. The van der Waals surface area contributed by atoms with Crippen LogP contribution >= 0.6 is 11.6 Å². The van der Waals surface area contributed by atoms with Crippen molar-refractivity contribution in [2.45, 2.75) is 18.7 Å². The minimum absolute atomic E-state index is 0.185. The van der Waals surface area contributed by atoms with Gasteiger partial charge in [0.15, 0.2) is 0 Å². The third-order valence-corrected chi connectivity index (χ3v) is 2.92. The van der Waals surface area contributed by atoms with E-state index in [2.05, 4.69) is 9.97 Å². The van der Waals surface area contributed by atoms with E-state index in [1.807, 2.05) is 12.1 Å². The van der Waals surface area contributed by atoms with Crippen LogP contribution in [-0.4, -0.2) is 16.6 Å². The predicted octanol–water partition coefficient (Wildman–Crippen LogP) is 3.37. The number of hydrogen-bond acceptors (Lipinski definition) is 3. The van der Waals surface area contributed by atoms with E-state index in [1.165, 1.54) is 11.6 Å². The van der Waals surface area contributed by atoms with Crippen molar-refractivity contribution in [1.29, 1.82) is 0 Å². The molecular formula is C14H14ClFN2O. The first-order valence-corrected chi connectivity index (χ1v) is 6.55. The highest BCUT2D eigenvalue weighted by Gasteiger charge is 2.06. The number of nitrogens with zero attached hydrogens (tertiary/aromatic N) is 2. The molecule has 2 aromatic heterocycles. The summed E-state index contributed by atoms with van der Waals surface area (Å²) in [6.45, 7) is 0.519. The molecule has 0 aliphatic heterocycles. The van der Waals surface area contributed by atoms with Crippen molar-refractivity contribution in [1.82, 2.24) is 9.97 Å². The summed E-state index contributed by atoms with van der Waals surface area (Å²) < 4.78 is 18.5. The fraction of sp³-hybridized carbons (Fsp3) is 0.286. The maximum absolute atomic E-state index is 13.0. The van der Waals surface area contributed by atoms with Crippen LogP contribution in [0, 0.1) is 5.82 Å². The topological polar surface area (TPSA) is 35.0 Å². The number of rotatable bonds is 6. The first kappa shape index (κ1) is 13.7. The molecule has 0 bridgehead atoms. The monoisotopic (exact) mass is 280 g/mol. The van der Waals surface area contributed by atoms with Crippen molar-refractivity contribution in [3.05, 3.63) is 53.7 Å². The van der Waals surface area contributed by atoms with Crippen LogP contribution in [0.15, 0.2) is 36.8 Å². The smallest absolute Gasteiger partial charge is 0.217 e. The Labute approximate surface area is 116 Å². The molecule has 5 heteroatoms. The summed E-state index contributed by atoms with van der Waals surface area (Å²) in [7, 11) is 0. The van der Waals surface area contributed by atoms with Gasteiger partial charge in [0.2, 0.25) is 5.88 Å². The Morgan fingerprint density at radius 1 is 1.26 bits per heavy atom. The van der Waals surface area contributed by atoms with E-state index in [0.29, 0.717) is 18.1 Å². The zero-order chi connectivity index (χ0) is 13.5. The lowest BCUT2D eigenvalue weighted by atomic mass is 10.1. The fourth-order valence-electron chi connectivity index (χ4n) is 1.69. The average Bonchev–Trinajstić information content (AvgIpc) is 2.46. The molecular weight excluding hydrogens is 267 g/mol. The van der Waals surface area contributed by atoms with Crippen molar-refractivity contribution < 1.29 is 9.13 Å². The summed E-state index contributed by atoms with van der Waals surface area (Å²) in [6, 6.07) is 5.29. The molecule has 0 amide bonds. The summed E-state index contributed by atoms with van der Waals surface area (Å²) in [4.78, 5) is 7.86. The van der Waals surface area contributed by atoms with Crippen LogP contribution in [0.4, 0.5) is 4.39 Å². The lowest BCUT2D eigenvalue weighted by Crippen LogP contribution is -2.03. The molecule has 0 saturated carbocycles. The molecule has 0 aliphatic rings. The summed E-state index contributed by atoms with van der Waals surface area (Å²) >= 11 is 5.72. The van der Waals surface area contributed by atoms with Gasteiger partial charge in [-0.2, -0.15) is 0 Å². The molecule has 0 saturated heterocycles. The molecule has 2 heterocycles. The minimum Gasteiger partial charge on any atom is -0.477 e. The predicted molar refractivity (Wildman–Crippen MR) is 71.8 cm³/mol. The van der Waals surface area contributed by atoms with E-state index in [-0.39, 0.29) is 5.88 Å². The summed E-state index contributed by atoms with van der Waals surface area (Å²) in [5.74, 6) is 0.190. The molecule has 0 unspecified atom stereocenters. The van der Waals surface area contributed by atoms with Gasteiger partial charge in [0.1, 0.15) is 5.82 Å². The summed E-state index contributed by atoms with van der Waals surface area (Å²) in [5.41, 5.74) is 1.79. The molecule has 0 atom stereocenters. The van der Waals surface area contributed by atoms with Crippen molar-refractivity contribution >= 4 is 11.6 Å². The molecule has 3 nitrogen and oxygen atoms in total. The van der Waals surface area contributed by atoms with E-state index < -0.39 is 5.82 Å². The Balaban J connectivity index is 1.83. The zero-order valence-corrected chi connectivity index (χ0v) is 11.1. The number of halogens is 2. The van der Waals surface area contributed by atoms with Crippen LogP contribution in [0.3, 0.4) is 0 Å². The number of aromatic nitrogens is 2. The molecule has 0 radical (unpaired) electrons. The third-order valence-electron chi connectivity index (χ3n) is 2.63. The number of alkyl halides is 1. The number of aryl methyl sites for hydroxylation is 1. The van der Waals surface area contributed by atoms with E-state index in [9.17, 15) is 4.39 Å². The van der Waals surface area contributed by atoms with Gasteiger partial charge < -0.3 is 4.74 Å². The normalized spacial score (nSPS) is 10.4. The average molecular weight is 281 g/mol. The Hall–Kier alpha value is -1.68. The first-order chi connectivity index (χ1) is 9.29. The van der Waals surface area contributed by atoms with Gasteiger partial charge in [-0.25, -0.2) is 9.37 Å². The Morgan fingerprint density at radius 2 is 2.05 bits per heavy atom. The van der Waals surface area contributed by atoms with Crippen LogP contribution in [0.1, 0.15) is 17.5 Å². The van der Waals surface area contributed by atoms with Crippen LogP contribution in [0.25, 0.3) is 0 Å². The van der Waals surface area contributed by atoms with Gasteiger partial charge in [0.05, 0.1) is 18.7 Å². The maximum atomic E-state index is 13.0. The molecule has 0 aliphatic carbocycles. The van der Waals surface area contributed by atoms with Gasteiger partial charge in [-0.05, 0) is 36.6 Å². The second-order valence-corrected chi connectivity index (χ2v) is 4.33. The van der Waals surface area contributed by atoms with E-state index >= 15 is 0 Å². The van der Waals surface area contributed by atoms with E-state index in [1.54, 1.807) is 12.4 Å². The Morgan fingerprint density at radius 3 is 2.79 bits per heavy atom. The van der Waals surface area contributed by atoms with Gasteiger partial charge in [0, 0.05) is 18.0 Å². The van der Waals surface area contributed by atoms with Crippen LogP contribution in [-0.2, 0) is 12.3 Å². The van der Waals surface area contributed by atoms with Gasteiger partial charge in [-0.1, -0.05) is 0 Å². The number of hydrogen-bond donors (Lipinski definition) is 0. The van der Waals surface area contributed by atoms with Crippen molar-refractivity contribution in [2.75, 3.05) is 6.61 Å². The quantitative estimate of drug-likeness (QED) is 0.601. The molecule has 19 heavy (non-hydrogen) atoms. The molecule has 0 spiro atoms. The molecule has 0 fully saturated rings. The number of pyridine rings is 2. The number of ether oxygens (including phenoxy) is 1. The lowest BCUT2D eigenvalue weighted by Gasteiger charge is -2.08. The third kappa shape index (κ3) is 4.17. The Bertz CT molecular complexity index is 522. The zero-order valence-electron chi connectivity index (χ0n) is 10.4. The van der Waals surface area contributed by atoms with E-state index in [0.717, 1.165) is 19.0 Å². The fourth-order valence-corrected chi connectivity index (χ4v) is 1.88.